The Labute approximate surface area is 176 Å². The second-order valence-corrected chi connectivity index (χ2v) is 9.01. The number of carbonyl (C=O) groups excluding carboxylic acids is 1. The maximum absolute atomic E-state index is 13.2. The number of nitrogens with zero attached hydrogens (tertiary/aromatic N) is 3. The Morgan fingerprint density at radius 2 is 1.93 bits per heavy atom. The summed E-state index contributed by atoms with van der Waals surface area (Å²) in [5, 5.41) is 1.68. The van der Waals surface area contributed by atoms with E-state index in [1.165, 1.54) is 5.56 Å². The fourth-order valence-electron chi connectivity index (χ4n) is 4.48. The number of piperidine rings is 1. The number of halogens is 2. The second-order valence-electron chi connectivity index (χ2n) is 7.66. The average molecular weight is 457 g/mol. The molecule has 0 saturated carbocycles. The minimum absolute atomic E-state index is 0.0532. The minimum Gasteiger partial charge on any atom is -0.340 e. The first-order valence-electron chi connectivity index (χ1n) is 9.36. The van der Waals surface area contributed by atoms with E-state index in [1.807, 2.05) is 46.8 Å². The Kier molecular flexibility index (Phi) is 4.14. The van der Waals surface area contributed by atoms with Gasteiger partial charge >= 0.3 is 0 Å². The van der Waals surface area contributed by atoms with Crippen LogP contribution in [0, 0.1) is 0 Å². The molecule has 0 atom stereocenters. The topological polar surface area (TPSA) is 37.6 Å². The number of aliphatic imine (C=N–C) groups is 1. The zero-order valence-electron chi connectivity index (χ0n) is 15.5. The van der Waals surface area contributed by atoms with Crippen molar-refractivity contribution < 1.29 is 4.79 Å². The van der Waals surface area contributed by atoms with Crippen LogP contribution in [0.25, 0.3) is 10.9 Å². The average Bonchev–Trinajstić information content (AvgIpc) is 3.20. The predicted octanol–water partition coefficient (Wildman–Crippen LogP) is 5.48. The van der Waals surface area contributed by atoms with Crippen molar-refractivity contribution >= 4 is 56.2 Å². The van der Waals surface area contributed by atoms with Crippen molar-refractivity contribution in [3.8, 4) is 0 Å². The molecule has 142 valence electrons. The van der Waals surface area contributed by atoms with Gasteiger partial charge in [0.15, 0.2) is 0 Å². The van der Waals surface area contributed by atoms with Gasteiger partial charge in [0.2, 0.25) is 0 Å². The maximum Gasteiger partial charge on any atom is 0.270 e. The number of fused-ring (bicyclic) bond motifs is 3. The molecule has 5 rings (SSSR count). The molecule has 1 amide bonds. The number of hydrogen-bond donors (Lipinski definition) is 0. The summed E-state index contributed by atoms with van der Waals surface area (Å²) >= 11 is 9.69. The smallest absolute Gasteiger partial charge is 0.270 e. The summed E-state index contributed by atoms with van der Waals surface area (Å²) in [6.07, 6.45) is 3.87. The summed E-state index contributed by atoms with van der Waals surface area (Å²) in [6.45, 7) is 1.44. The SMILES string of the molecule is Cn1c(C(=O)N2CCC3(C=Nc4ccc(Br)cc43)CC2)cc2cc(Cl)ccc21. The van der Waals surface area contributed by atoms with Crippen LogP contribution >= 0.6 is 27.5 Å². The van der Waals surface area contributed by atoms with E-state index in [9.17, 15) is 4.79 Å². The van der Waals surface area contributed by atoms with E-state index >= 15 is 0 Å². The largest absolute Gasteiger partial charge is 0.340 e. The zero-order valence-corrected chi connectivity index (χ0v) is 17.8. The van der Waals surface area contributed by atoms with Crippen molar-refractivity contribution in [2.24, 2.45) is 12.0 Å². The van der Waals surface area contributed by atoms with Gasteiger partial charge in [0, 0.05) is 52.2 Å². The van der Waals surface area contributed by atoms with Crippen LogP contribution in [0.4, 0.5) is 5.69 Å². The number of benzene rings is 2. The van der Waals surface area contributed by atoms with Crippen LogP contribution in [-0.4, -0.2) is 34.7 Å². The number of hydrogen-bond acceptors (Lipinski definition) is 2. The van der Waals surface area contributed by atoms with E-state index in [0.29, 0.717) is 10.7 Å². The van der Waals surface area contributed by atoms with Crippen molar-refractivity contribution in [1.82, 2.24) is 9.47 Å². The van der Waals surface area contributed by atoms with Gasteiger partial charge in [-0.25, -0.2) is 0 Å². The molecule has 3 heterocycles. The number of aryl methyl sites for hydroxylation is 1. The first-order valence-corrected chi connectivity index (χ1v) is 10.5. The highest BCUT2D eigenvalue weighted by Gasteiger charge is 2.40. The Morgan fingerprint density at radius 1 is 1.14 bits per heavy atom. The van der Waals surface area contributed by atoms with Crippen LogP contribution in [0.1, 0.15) is 28.9 Å². The lowest BCUT2D eigenvalue weighted by Crippen LogP contribution is -2.45. The van der Waals surface area contributed by atoms with E-state index in [1.54, 1.807) is 0 Å². The van der Waals surface area contributed by atoms with Crippen LogP contribution in [0.15, 0.2) is 51.9 Å². The monoisotopic (exact) mass is 455 g/mol. The molecule has 0 radical (unpaired) electrons. The summed E-state index contributed by atoms with van der Waals surface area (Å²) in [6, 6.07) is 13.9. The van der Waals surface area contributed by atoms with E-state index < -0.39 is 0 Å². The normalized spacial score (nSPS) is 17.5. The third-order valence-electron chi connectivity index (χ3n) is 6.11. The van der Waals surface area contributed by atoms with Crippen LogP contribution in [-0.2, 0) is 12.5 Å². The Bertz CT molecular complexity index is 1140. The lowest BCUT2D eigenvalue weighted by atomic mass is 9.74. The fraction of sp³-hybridized carbons (Fsp3) is 0.273. The zero-order chi connectivity index (χ0) is 19.5. The van der Waals surface area contributed by atoms with Crippen molar-refractivity contribution in [2.75, 3.05) is 13.1 Å². The third-order valence-corrected chi connectivity index (χ3v) is 6.84. The van der Waals surface area contributed by atoms with Gasteiger partial charge in [-0.1, -0.05) is 27.5 Å². The molecule has 0 bridgehead atoms. The summed E-state index contributed by atoms with van der Waals surface area (Å²) in [4.78, 5) is 19.8. The molecule has 2 aromatic carbocycles. The molecular formula is C22H19BrClN3O. The molecule has 4 nitrogen and oxygen atoms in total. The lowest BCUT2D eigenvalue weighted by Gasteiger charge is -2.38. The molecule has 0 aliphatic carbocycles. The number of rotatable bonds is 1. The fourth-order valence-corrected chi connectivity index (χ4v) is 5.02. The van der Waals surface area contributed by atoms with Gasteiger partial charge in [0.05, 0.1) is 5.69 Å². The van der Waals surface area contributed by atoms with Gasteiger partial charge in [-0.3, -0.25) is 9.79 Å². The van der Waals surface area contributed by atoms with Crippen molar-refractivity contribution in [1.29, 1.82) is 0 Å². The summed E-state index contributed by atoms with van der Waals surface area (Å²) in [5.74, 6) is 0.0778. The maximum atomic E-state index is 13.2. The molecule has 3 aromatic rings. The van der Waals surface area contributed by atoms with Crippen molar-refractivity contribution in [2.45, 2.75) is 18.3 Å². The van der Waals surface area contributed by atoms with Gasteiger partial charge in [-0.05, 0) is 60.9 Å². The van der Waals surface area contributed by atoms with E-state index in [2.05, 4.69) is 39.3 Å². The van der Waals surface area contributed by atoms with E-state index in [4.69, 9.17) is 11.6 Å². The molecule has 28 heavy (non-hydrogen) atoms. The van der Waals surface area contributed by atoms with Crippen molar-refractivity contribution in [3.63, 3.8) is 0 Å². The second kappa shape index (κ2) is 6.46. The van der Waals surface area contributed by atoms with Gasteiger partial charge in [-0.2, -0.15) is 0 Å². The first kappa shape index (κ1) is 18.0. The Hall–Kier alpha value is -2.11. The standard InChI is InChI=1S/C22H19BrClN3O/c1-26-19-5-3-16(24)10-14(19)11-20(26)21(28)27-8-6-22(7-9-27)13-25-18-4-2-15(23)12-17(18)22/h2-5,10-13H,6-9H2,1H3. The molecule has 1 fully saturated rings. The van der Waals surface area contributed by atoms with Crippen LogP contribution in [0.3, 0.4) is 0 Å². The Morgan fingerprint density at radius 3 is 2.71 bits per heavy atom. The quantitative estimate of drug-likeness (QED) is 0.477. The van der Waals surface area contributed by atoms with Crippen molar-refractivity contribution in [3.05, 3.63) is 63.2 Å². The van der Waals surface area contributed by atoms with Gasteiger partial charge < -0.3 is 9.47 Å². The molecule has 2 aliphatic rings. The molecule has 0 N–H and O–H groups in total. The lowest BCUT2D eigenvalue weighted by molar-refractivity contribution is 0.0690. The first-order chi connectivity index (χ1) is 13.5. The third kappa shape index (κ3) is 2.72. The highest BCUT2D eigenvalue weighted by Crippen LogP contribution is 2.44. The molecule has 1 spiro atoms. The van der Waals surface area contributed by atoms with Crippen LogP contribution in [0.5, 0.6) is 0 Å². The van der Waals surface area contributed by atoms with Gasteiger partial charge in [-0.15, -0.1) is 0 Å². The number of aromatic nitrogens is 1. The molecule has 0 unspecified atom stereocenters. The summed E-state index contributed by atoms with van der Waals surface area (Å²) in [5.41, 5.74) is 3.99. The molecular weight excluding hydrogens is 438 g/mol. The summed E-state index contributed by atoms with van der Waals surface area (Å²) in [7, 11) is 1.94. The Balaban J connectivity index is 1.40. The highest BCUT2D eigenvalue weighted by molar-refractivity contribution is 9.10. The molecule has 6 heteroatoms. The number of carbonyl (C=O) groups is 1. The number of amides is 1. The molecule has 1 aromatic heterocycles. The van der Waals surface area contributed by atoms with E-state index in [-0.39, 0.29) is 11.3 Å². The van der Waals surface area contributed by atoms with E-state index in [0.717, 1.165) is 47.0 Å². The predicted molar refractivity (Wildman–Crippen MR) is 117 cm³/mol. The molecule has 2 aliphatic heterocycles. The van der Waals surface area contributed by atoms with Crippen LogP contribution in [0.2, 0.25) is 5.02 Å². The minimum atomic E-state index is -0.0532. The van der Waals surface area contributed by atoms with Gasteiger partial charge in [0.25, 0.3) is 5.91 Å². The van der Waals surface area contributed by atoms with Crippen LogP contribution < -0.4 is 0 Å². The van der Waals surface area contributed by atoms with Gasteiger partial charge in [0.1, 0.15) is 5.69 Å². The highest BCUT2D eigenvalue weighted by atomic mass is 79.9. The summed E-state index contributed by atoms with van der Waals surface area (Å²) < 4.78 is 3.03. The number of likely N-dealkylation sites (tertiary alicyclic amines) is 1. The molecule has 1 saturated heterocycles.